The Balaban J connectivity index is -0.0000000221. The molecule has 0 atom stereocenters. The average Bonchev–Trinajstić information content (AvgIpc) is 1.19. The largest absolute Gasteiger partial charge is 0.344 e. The molecule has 13 N–H and O–H groups in total. The molecule has 9 nitrogen and oxygen atoms in total. The molecule has 0 amide bonds. The molecule has 0 rings (SSSR count). The molecule has 12 heavy (non-hydrogen) atoms. The lowest BCUT2D eigenvalue weighted by atomic mass is 14.0. The summed E-state index contributed by atoms with van der Waals surface area (Å²) in [6.45, 7) is 0. The lowest BCUT2D eigenvalue weighted by Crippen LogP contribution is -1.86. The summed E-state index contributed by atoms with van der Waals surface area (Å²) >= 11 is 0.854. The molecule has 0 bridgehead atoms. The summed E-state index contributed by atoms with van der Waals surface area (Å²) in [5.41, 5.74) is 0. The van der Waals surface area contributed by atoms with Gasteiger partial charge in [0.15, 0.2) is 0 Å². The SMILES string of the molecule is N.N.N.O=S(O)(O)=S.O=S(O)O. The number of rotatable bonds is 0. The number of hydrogen-bond donors (Lipinski definition) is 7. The van der Waals surface area contributed by atoms with E-state index >= 15 is 0 Å². The van der Waals surface area contributed by atoms with Crippen LogP contribution in [0.5, 0.6) is 0 Å². The maximum Gasteiger partial charge on any atom is 0.299 e. The second-order valence-electron chi connectivity index (χ2n) is 0.679. The predicted octanol–water partition coefficient (Wildman–Crippen LogP) is -0.154. The molecule has 0 aliphatic carbocycles. The Morgan fingerprint density at radius 1 is 1.08 bits per heavy atom. The quantitative estimate of drug-likeness (QED) is 0.280. The van der Waals surface area contributed by atoms with E-state index in [0.29, 0.717) is 0 Å². The standard InChI is InChI=1S/3H3N.H2O3S2.H2O3S/c;;;1-5(2,3)4;1-4(2)3/h3*1H3;(H2,1,2,3,4);(H2,1,2,3). The van der Waals surface area contributed by atoms with Gasteiger partial charge in [0, 0.05) is 11.2 Å². The van der Waals surface area contributed by atoms with Crippen LogP contribution in [0, 0.1) is 0 Å². The van der Waals surface area contributed by atoms with E-state index in [2.05, 4.69) is 11.2 Å². The first kappa shape index (κ1) is 29.5. The van der Waals surface area contributed by atoms with Crippen molar-refractivity contribution >= 4 is 31.6 Å². The topological polar surface area (TPSA) is 220 Å². The van der Waals surface area contributed by atoms with E-state index in [9.17, 15) is 0 Å². The Labute approximate surface area is 77.1 Å². The minimum absolute atomic E-state index is 0. The zero-order valence-electron chi connectivity index (χ0n) is 5.95. The van der Waals surface area contributed by atoms with Gasteiger partial charge in [-0.15, -0.1) is 0 Å². The molecule has 0 aliphatic rings. The van der Waals surface area contributed by atoms with E-state index in [-0.39, 0.29) is 18.5 Å². The zero-order valence-corrected chi connectivity index (χ0v) is 8.40. The average molecular weight is 247 g/mol. The van der Waals surface area contributed by atoms with Crippen LogP contribution in [0.25, 0.3) is 0 Å². The molecule has 0 aromatic heterocycles. The molecule has 0 saturated heterocycles. The van der Waals surface area contributed by atoms with Crippen molar-refractivity contribution in [2.45, 2.75) is 0 Å². The molecular weight excluding hydrogens is 234 g/mol. The van der Waals surface area contributed by atoms with Gasteiger partial charge in [-0.1, -0.05) is 0 Å². The molecule has 0 aromatic carbocycles. The van der Waals surface area contributed by atoms with Gasteiger partial charge in [0.1, 0.15) is 0 Å². The Morgan fingerprint density at radius 3 is 1.08 bits per heavy atom. The summed E-state index contributed by atoms with van der Waals surface area (Å²) in [4.78, 5) is 0. The van der Waals surface area contributed by atoms with Gasteiger partial charge in [-0.25, -0.2) is 0 Å². The summed E-state index contributed by atoms with van der Waals surface area (Å²) in [5.74, 6) is 0. The van der Waals surface area contributed by atoms with E-state index in [4.69, 9.17) is 26.6 Å². The van der Waals surface area contributed by atoms with Crippen LogP contribution in [0.15, 0.2) is 0 Å². The first-order valence-electron chi connectivity index (χ1n) is 1.23. The maximum atomic E-state index is 9.11. The fraction of sp³-hybridized carbons (Fsp3) is 0. The molecule has 82 valence electrons. The third-order valence-electron chi connectivity index (χ3n) is 0. The Hall–Kier alpha value is 0.240. The van der Waals surface area contributed by atoms with Crippen molar-refractivity contribution in [3.63, 3.8) is 0 Å². The van der Waals surface area contributed by atoms with Crippen molar-refractivity contribution in [1.29, 1.82) is 0 Å². The lowest BCUT2D eigenvalue weighted by Gasteiger charge is -1.73. The molecule has 0 fully saturated rings. The third kappa shape index (κ3) is 15200. The number of hydrogen-bond acceptors (Lipinski definition) is 6. The Morgan fingerprint density at radius 2 is 1.08 bits per heavy atom. The molecule has 0 aromatic rings. The summed E-state index contributed by atoms with van der Waals surface area (Å²) in [5, 5.41) is 0. The Kier molecular flexibility index (Phi) is 33.9. The van der Waals surface area contributed by atoms with Crippen LogP contribution >= 0.6 is 0 Å². The monoisotopic (exact) mass is 247 g/mol. The maximum absolute atomic E-state index is 9.11. The minimum Gasteiger partial charge on any atom is -0.344 e. The van der Waals surface area contributed by atoms with Gasteiger partial charge in [-0.05, 0) is 0 Å². The van der Waals surface area contributed by atoms with Crippen LogP contribution in [0.2, 0.25) is 0 Å². The summed E-state index contributed by atoms with van der Waals surface area (Å²) in [6.07, 6.45) is 0. The van der Waals surface area contributed by atoms with Crippen LogP contribution in [0.4, 0.5) is 0 Å². The zero-order chi connectivity index (χ0) is 8.08. The van der Waals surface area contributed by atoms with Crippen LogP contribution in [-0.2, 0) is 31.6 Å². The lowest BCUT2D eigenvalue weighted by molar-refractivity contribution is 0.449. The first-order chi connectivity index (χ1) is 3.73. The third-order valence-corrected chi connectivity index (χ3v) is 0. The molecular formula is H13N3O6S3. The van der Waals surface area contributed by atoms with Crippen LogP contribution in [-0.4, -0.2) is 26.6 Å². The highest BCUT2D eigenvalue weighted by molar-refractivity contribution is 8.26. The second kappa shape index (κ2) is 13.8. The highest BCUT2D eigenvalue weighted by Crippen LogP contribution is 1.62. The van der Waals surface area contributed by atoms with Gasteiger partial charge in [-0.3, -0.25) is 18.2 Å². The minimum atomic E-state index is -3.83. The Bertz CT molecular complexity index is 160. The highest BCUT2D eigenvalue weighted by Gasteiger charge is 1.78. The van der Waals surface area contributed by atoms with Crippen molar-refractivity contribution in [3.8, 4) is 0 Å². The summed E-state index contributed by atoms with van der Waals surface area (Å²) in [7, 11) is -3.83. The highest BCUT2D eigenvalue weighted by atomic mass is 32.9. The van der Waals surface area contributed by atoms with Crippen molar-refractivity contribution < 1.29 is 26.6 Å². The van der Waals surface area contributed by atoms with Gasteiger partial charge in [0.25, 0.3) is 20.4 Å². The summed E-state index contributed by atoms with van der Waals surface area (Å²) in [6, 6.07) is 0. The molecule has 0 spiro atoms. The van der Waals surface area contributed by atoms with Crippen LogP contribution in [0.1, 0.15) is 0 Å². The van der Waals surface area contributed by atoms with Crippen molar-refractivity contribution in [2.75, 3.05) is 0 Å². The van der Waals surface area contributed by atoms with E-state index in [1.54, 1.807) is 0 Å². The first-order valence-corrected chi connectivity index (χ1v) is 4.69. The van der Waals surface area contributed by atoms with Gasteiger partial charge in [-0.2, -0.15) is 8.42 Å². The molecule has 12 heteroatoms. The van der Waals surface area contributed by atoms with E-state index in [1.807, 2.05) is 0 Å². The molecule has 0 unspecified atom stereocenters. The van der Waals surface area contributed by atoms with Gasteiger partial charge in [0.05, 0.1) is 0 Å². The fourth-order valence-electron chi connectivity index (χ4n) is 0. The molecule has 0 aliphatic heterocycles. The van der Waals surface area contributed by atoms with Gasteiger partial charge >= 0.3 is 0 Å². The van der Waals surface area contributed by atoms with Crippen molar-refractivity contribution in [2.24, 2.45) is 0 Å². The van der Waals surface area contributed by atoms with Crippen LogP contribution in [0.3, 0.4) is 0 Å². The normalized spacial score (nSPS) is 7.75. The fourth-order valence-corrected chi connectivity index (χ4v) is 0. The predicted molar refractivity (Wildman–Crippen MR) is 49.2 cm³/mol. The molecule has 0 saturated carbocycles. The van der Waals surface area contributed by atoms with E-state index < -0.39 is 20.4 Å². The van der Waals surface area contributed by atoms with Crippen molar-refractivity contribution in [3.05, 3.63) is 0 Å². The summed E-state index contributed by atoms with van der Waals surface area (Å²) < 4.78 is 46.8. The smallest absolute Gasteiger partial charge is 0.299 e. The van der Waals surface area contributed by atoms with Crippen molar-refractivity contribution in [1.82, 2.24) is 18.5 Å². The molecule has 0 heterocycles. The van der Waals surface area contributed by atoms with E-state index in [0.717, 1.165) is 0 Å². The second-order valence-corrected chi connectivity index (χ2v) is 3.34. The molecule has 0 radical (unpaired) electrons. The van der Waals surface area contributed by atoms with Gasteiger partial charge < -0.3 is 18.5 Å². The van der Waals surface area contributed by atoms with Crippen LogP contribution < -0.4 is 18.5 Å². The van der Waals surface area contributed by atoms with E-state index in [1.165, 1.54) is 0 Å². The van der Waals surface area contributed by atoms with Gasteiger partial charge in [0.2, 0.25) is 0 Å².